The van der Waals surface area contributed by atoms with Crippen molar-refractivity contribution in [1.29, 1.82) is 0 Å². The van der Waals surface area contributed by atoms with Crippen LogP contribution in [0.25, 0.3) is 0 Å². The first-order valence-electron chi connectivity index (χ1n) is 6.66. The van der Waals surface area contributed by atoms with E-state index in [0.717, 1.165) is 32.4 Å². The molecule has 0 radical (unpaired) electrons. The number of aliphatic hydroxyl groups excluding tert-OH is 1. The second-order valence-electron chi connectivity index (χ2n) is 5.22. The van der Waals surface area contributed by atoms with Gasteiger partial charge in [-0.15, -0.1) is 0 Å². The third-order valence-electron chi connectivity index (χ3n) is 4.02. The van der Waals surface area contributed by atoms with Gasteiger partial charge in [-0.1, -0.05) is 13.0 Å². The van der Waals surface area contributed by atoms with E-state index in [1.165, 1.54) is 6.07 Å². The molecule has 1 unspecified atom stereocenters. The topological polar surface area (TPSA) is 73.7 Å². The number of nitrogens with zero attached hydrogens (tertiary/aromatic N) is 2. The Bertz CT molecular complexity index is 458. The second-order valence-corrected chi connectivity index (χ2v) is 5.22. The first kappa shape index (κ1) is 13.8. The summed E-state index contributed by atoms with van der Waals surface area (Å²) in [5.74, 6) is -0.325. The van der Waals surface area contributed by atoms with Crippen LogP contribution in [0.5, 0.6) is 0 Å². The Morgan fingerprint density at radius 2 is 2.32 bits per heavy atom. The molecule has 2 rings (SSSR count). The van der Waals surface area contributed by atoms with Gasteiger partial charge in [0.2, 0.25) is 0 Å². The fourth-order valence-electron chi connectivity index (χ4n) is 2.65. The molecule has 5 heteroatoms. The van der Waals surface area contributed by atoms with Gasteiger partial charge in [0.1, 0.15) is 5.82 Å². The predicted octanol–water partition coefficient (Wildman–Crippen LogP) is 1.77. The van der Waals surface area contributed by atoms with Gasteiger partial charge in [-0.05, 0) is 31.4 Å². The van der Waals surface area contributed by atoms with Crippen molar-refractivity contribution in [1.82, 2.24) is 4.98 Å². The Balaban J connectivity index is 2.22. The summed E-state index contributed by atoms with van der Waals surface area (Å²) >= 11 is 0. The van der Waals surface area contributed by atoms with Crippen molar-refractivity contribution in [3.8, 4) is 0 Å². The van der Waals surface area contributed by atoms with E-state index in [1.54, 1.807) is 6.07 Å². The monoisotopic (exact) mass is 264 g/mol. The molecule has 19 heavy (non-hydrogen) atoms. The maximum Gasteiger partial charge on any atom is 0.354 e. The number of hydrogen-bond donors (Lipinski definition) is 2. The normalized spacial score (nSPS) is 23.4. The van der Waals surface area contributed by atoms with Crippen LogP contribution in [0.4, 0.5) is 5.82 Å². The minimum atomic E-state index is -1.01. The van der Waals surface area contributed by atoms with Crippen LogP contribution < -0.4 is 4.90 Å². The molecule has 1 aromatic rings. The highest BCUT2D eigenvalue weighted by atomic mass is 16.4. The number of aromatic nitrogens is 1. The van der Waals surface area contributed by atoms with Crippen molar-refractivity contribution in [3.05, 3.63) is 23.9 Å². The van der Waals surface area contributed by atoms with Gasteiger partial charge >= 0.3 is 5.97 Å². The molecule has 1 fully saturated rings. The highest BCUT2D eigenvalue weighted by Crippen LogP contribution is 2.34. The Hall–Kier alpha value is -1.62. The average Bonchev–Trinajstić information content (AvgIpc) is 2.47. The van der Waals surface area contributed by atoms with Crippen LogP contribution in [0.3, 0.4) is 0 Å². The van der Waals surface area contributed by atoms with Gasteiger partial charge in [0.15, 0.2) is 5.69 Å². The quantitative estimate of drug-likeness (QED) is 0.867. The van der Waals surface area contributed by atoms with Gasteiger partial charge in [0.25, 0.3) is 0 Å². The number of hydrogen-bond acceptors (Lipinski definition) is 4. The number of aromatic carboxylic acids is 1. The van der Waals surface area contributed by atoms with Gasteiger partial charge in [-0.3, -0.25) is 0 Å². The number of piperidine rings is 1. The number of rotatable bonds is 4. The van der Waals surface area contributed by atoms with Gasteiger partial charge in [0, 0.05) is 18.5 Å². The molecule has 0 amide bonds. The van der Waals surface area contributed by atoms with E-state index in [-0.39, 0.29) is 17.7 Å². The smallest absolute Gasteiger partial charge is 0.354 e. The van der Waals surface area contributed by atoms with Crippen LogP contribution in [0.1, 0.15) is 36.7 Å². The van der Waals surface area contributed by atoms with Crippen LogP contribution >= 0.6 is 0 Å². The van der Waals surface area contributed by atoms with E-state index in [2.05, 4.69) is 16.8 Å². The predicted molar refractivity (Wildman–Crippen MR) is 72.5 cm³/mol. The van der Waals surface area contributed by atoms with Crippen molar-refractivity contribution in [2.75, 3.05) is 24.6 Å². The van der Waals surface area contributed by atoms with E-state index >= 15 is 0 Å². The van der Waals surface area contributed by atoms with Gasteiger partial charge < -0.3 is 15.1 Å². The minimum absolute atomic E-state index is 0.0640. The highest BCUT2D eigenvalue weighted by molar-refractivity contribution is 5.85. The molecule has 5 nitrogen and oxygen atoms in total. The molecule has 2 heterocycles. The first-order valence-corrected chi connectivity index (χ1v) is 6.66. The lowest BCUT2D eigenvalue weighted by Gasteiger charge is -2.42. The summed E-state index contributed by atoms with van der Waals surface area (Å²) in [7, 11) is 0. The molecular formula is C14H20N2O3. The van der Waals surface area contributed by atoms with Crippen LogP contribution in [0.15, 0.2) is 18.2 Å². The van der Waals surface area contributed by atoms with Crippen LogP contribution in [0, 0.1) is 5.41 Å². The van der Waals surface area contributed by atoms with E-state index in [1.807, 2.05) is 6.07 Å². The number of aliphatic hydroxyl groups is 1. The van der Waals surface area contributed by atoms with Gasteiger partial charge in [0.05, 0.1) is 6.61 Å². The fraction of sp³-hybridized carbons (Fsp3) is 0.571. The lowest BCUT2D eigenvalue weighted by atomic mass is 9.78. The lowest BCUT2D eigenvalue weighted by Crippen LogP contribution is -2.45. The number of anilines is 1. The lowest BCUT2D eigenvalue weighted by molar-refractivity contribution is 0.0690. The van der Waals surface area contributed by atoms with Crippen molar-refractivity contribution in [2.24, 2.45) is 5.41 Å². The Kier molecular flexibility index (Phi) is 4.04. The number of carbonyl (C=O) groups is 1. The molecule has 0 aliphatic carbocycles. The molecule has 1 saturated heterocycles. The summed E-state index contributed by atoms with van der Waals surface area (Å²) in [6.45, 7) is 3.84. The summed E-state index contributed by atoms with van der Waals surface area (Å²) in [5, 5.41) is 18.6. The third kappa shape index (κ3) is 2.87. The third-order valence-corrected chi connectivity index (χ3v) is 4.02. The van der Waals surface area contributed by atoms with Crippen LogP contribution in [0.2, 0.25) is 0 Å². The van der Waals surface area contributed by atoms with Crippen molar-refractivity contribution < 1.29 is 15.0 Å². The number of pyridine rings is 1. The summed E-state index contributed by atoms with van der Waals surface area (Å²) in [6, 6.07) is 5.04. The zero-order chi connectivity index (χ0) is 13.9. The zero-order valence-electron chi connectivity index (χ0n) is 11.2. The number of carboxylic acid groups (broad SMARTS) is 1. The average molecular weight is 264 g/mol. The molecular weight excluding hydrogens is 244 g/mol. The van der Waals surface area contributed by atoms with Crippen LogP contribution in [-0.2, 0) is 0 Å². The molecule has 1 atom stereocenters. The minimum Gasteiger partial charge on any atom is -0.477 e. The SMILES string of the molecule is CCC1(CO)CCCN(c2cccc(C(=O)O)n2)C1. The van der Waals surface area contributed by atoms with E-state index in [9.17, 15) is 9.90 Å². The molecule has 0 spiro atoms. The molecule has 0 saturated carbocycles. The van der Waals surface area contributed by atoms with E-state index < -0.39 is 5.97 Å². The second kappa shape index (κ2) is 5.57. The summed E-state index contributed by atoms with van der Waals surface area (Å²) in [5.41, 5.74) is -0.0201. The molecule has 0 bridgehead atoms. The highest BCUT2D eigenvalue weighted by Gasteiger charge is 2.33. The molecule has 1 aliphatic rings. The summed E-state index contributed by atoms with van der Waals surface area (Å²) < 4.78 is 0. The maximum atomic E-state index is 11.0. The number of carboxylic acids is 1. The summed E-state index contributed by atoms with van der Waals surface area (Å²) in [6.07, 6.45) is 2.92. The van der Waals surface area contributed by atoms with Crippen molar-refractivity contribution >= 4 is 11.8 Å². The Morgan fingerprint density at radius 1 is 1.53 bits per heavy atom. The molecule has 1 aromatic heterocycles. The molecule has 104 valence electrons. The molecule has 0 aromatic carbocycles. The van der Waals surface area contributed by atoms with Gasteiger partial charge in [-0.25, -0.2) is 9.78 Å². The Labute approximate surface area is 112 Å². The Morgan fingerprint density at radius 3 is 2.95 bits per heavy atom. The van der Waals surface area contributed by atoms with Gasteiger partial charge in [-0.2, -0.15) is 0 Å². The zero-order valence-corrected chi connectivity index (χ0v) is 11.2. The molecule has 2 N–H and O–H groups in total. The maximum absolute atomic E-state index is 11.0. The largest absolute Gasteiger partial charge is 0.477 e. The van der Waals surface area contributed by atoms with E-state index in [4.69, 9.17) is 5.11 Å². The standard InChI is InChI=1S/C14H20N2O3/c1-2-14(10-17)7-4-8-16(9-14)12-6-3-5-11(15-12)13(18)19/h3,5-6,17H,2,4,7-10H2,1H3,(H,18,19). The van der Waals surface area contributed by atoms with Crippen LogP contribution in [-0.4, -0.2) is 40.9 Å². The van der Waals surface area contributed by atoms with E-state index in [0.29, 0.717) is 5.82 Å². The molecule has 1 aliphatic heterocycles. The van der Waals surface area contributed by atoms with Crippen molar-refractivity contribution in [2.45, 2.75) is 26.2 Å². The fourth-order valence-corrected chi connectivity index (χ4v) is 2.65. The summed E-state index contributed by atoms with van der Waals surface area (Å²) in [4.78, 5) is 17.2. The van der Waals surface area contributed by atoms with Crippen molar-refractivity contribution in [3.63, 3.8) is 0 Å². The first-order chi connectivity index (χ1) is 9.10.